The predicted molar refractivity (Wildman–Crippen MR) is 63.0 cm³/mol. The van der Waals surface area contributed by atoms with Crippen LogP contribution in [0.2, 0.25) is 0 Å². The summed E-state index contributed by atoms with van der Waals surface area (Å²) >= 11 is 0. The fraction of sp³-hybridized carbons (Fsp3) is 0.214. The topological polar surface area (TPSA) is 35.5 Å². The van der Waals surface area contributed by atoms with Gasteiger partial charge < -0.3 is 9.47 Å². The van der Waals surface area contributed by atoms with E-state index in [0.29, 0.717) is 6.42 Å². The summed E-state index contributed by atoms with van der Waals surface area (Å²) in [5.41, 5.74) is 0.966. The maximum absolute atomic E-state index is 11.9. The van der Waals surface area contributed by atoms with Crippen LogP contribution in [0.4, 0.5) is 0 Å². The van der Waals surface area contributed by atoms with E-state index < -0.39 is 0 Å². The van der Waals surface area contributed by atoms with E-state index in [4.69, 9.17) is 9.47 Å². The summed E-state index contributed by atoms with van der Waals surface area (Å²) in [6.07, 6.45) is 8.06. The molecule has 1 aliphatic heterocycles. The lowest BCUT2D eigenvalue weighted by molar-refractivity contribution is -0.119. The number of fused-ring (bicyclic) bond motifs is 1. The van der Waals surface area contributed by atoms with E-state index in [1.54, 1.807) is 0 Å². The van der Waals surface area contributed by atoms with E-state index in [9.17, 15) is 4.79 Å². The molecule has 1 aromatic rings. The maximum atomic E-state index is 11.9. The first kappa shape index (κ1) is 10.1. The summed E-state index contributed by atoms with van der Waals surface area (Å²) in [5.74, 6) is 1.61. The van der Waals surface area contributed by atoms with Crippen molar-refractivity contribution in [1.29, 1.82) is 0 Å². The molecular weight excluding hydrogens is 216 g/mol. The Balaban J connectivity index is 1.75. The van der Waals surface area contributed by atoms with Gasteiger partial charge >= 0.3 is 0 Å². The van der Waals surface area contributed by atoms with Gasteiger partial charge in [0.25, 0.3) is 0 Å². The molecule has 0 bridgehead atoms. The smallest absolute Gasteiger partial charge is 0.231 e. The average molecular weight is 228 g/mol. The van der Waals surface area contributed by atoms with Crippen LogP contribution in [-0.4, -0.2) is 12.6 Å². The van der Waals surface area contributed by atoms with Crippen LogP contribution in [0.5, 0.6) is 11.5 Å². The highest BCUT2D eigenvalue weighted by molar-refractivity contribution is 5.87. The lowest BCUT2D eigenvalue weighted by Crippen LogP contribution is -2.11. The summed E-state index contributed by atoms with van der Waals surface area (Å²) in [5, 5.41) is 0. The number of hydrogen-bond donors (Lipinski definition) is 0. The van der Waals surface area contributed by atoms with Gasteiger partial charge in [-0.1, -0.05) is 30.4 Å². The molecule has 0 atom stereocenters. The second-order valence-electron chi connectivity index (χ2n) is 4.13. The zero-order valence-corrected chi connectivity index (χ0v) is 9.26. The van der Waals surface area contributed by atoms with Crippen LogP contribution in [0.25, 0.3) is 0 Å². The molecule has 1 aliphatic carbocycles. The van der Waals surface area contributed by atoms with Crippen LogP contribution in [0.15, 0.2) is 42.5 Å². The fourth-order valence-corrected chi connectivity index (χ4v) is 2.02. The van der Waals surface area contributed by atoms with Crippen LogP contribution in [-0.2, 0) is 11.2 Å². The van der Waals surface area contributed by atoms with Crippen molar-refractivity contribution in [3.8, 4) is 11.5 Å². The van der Waals surface area contributed by atoms with Gasteiger partial charge in [-0.05, 0) is 17.7 Å². The van der Waals surface area contributed by atoms with Crippen LogP contribution in [0, 0.1) is 5.92 Å². The molecule has 1 heterocycles. The third-order valence-corrected chi connectivity index (χ3v) is 2.94. The second-order valence-corrected chi connectivity index (χ2v) is 4.13. The molecule has 0 saturated heterocycles. The monoisotopic (exact) mass is 228 g/mol. The Hall–Kier alpha value is -2.03. The Bertz CT molecular complexity index is 502. The fourth-order valence-electron chi connectivity index (χ4n) is 2.02. The quantitative estimate of drug-likeness (QED) is 0.796. The number of hydrogen-bond acceptors (Lipinski definition) is 3. The van der Waals surface area contributed by atoms with Gasteiger partial charge in [0.2, 0.25) is 6.79 Å². The molecule has 86 valence electrons. The molecule has 3 rings (SSSR count). The zero-order valence-electron chi connectivity index (χ0n) is 9.26. The van der Waals surface area contributed by atoms with Crippen molar-refractivity contribution in [1.82, 2.24) is 0 Å². The minimum absolute atomic E-state index is 0.0691. The van der Waals surface area contributed by atoms with Crippen LogP contribution in [0.1, 0.15) is 5.56 Å². The number of benzene rings is 1. The number of carbonyl (C=O) groups is 1. The van der Waals surface area contributed by atoms with Crippen molar-refractivity contribution >= 4 is 5.78 Å². The van der Waals surface area contributed by atoms with Gasteiger partial charge in [0, 0.05) is 6.42 Å². The molecule has 0 N–H and O–H groups in total. The minimum atomic E-state index is -0.0691. The highest BCUT2D eigenvalue weighted by Crippen LogP contribution is 2.32. The first-order valence-electron chi connectivity index (χ1n) is 5.59. The van der Waals surface area contributed by atoms with E-state index in [-0.39, 0.29) is 18.5 Å². The number of rotatable bonds is 3. The third-order valence-electron chi connectivity index (χ3n) is 2.94. The molecule has 17 heavy (non-hydrogen) atoms. The highest BCUT2D eigenvalue weighted by atomic mass is 16.7. The summed E-state index contributed by atoms with van der Waals surface area (Å²) in [4.78, 5) is 11.9. The molecule has 0 fully saturated rings. The highest BCUT2D eigenvalue weighted by Gasteiger charge is 2.17. The van der Waals surface area contributed by atoms with E-state index in [2.05, 4.69) is 0 Å². The molecule has 3 nitrogen and oxygen atoms in total. The van der Waals surface area contributed by atoms with Crippen LogP contribution < -0.4 is 9.47 Å². The SMILES string of the molecule is O=C(Cc1ccc2c(c1)OCO2)C1C=CC=C1. The first-order valence-corrected chi connectivity index (χ1v) is 5.59. The third kappa shape index (κ3) is 1.96. The minimum Gasteiger partial charge on any atom is -0.454 e. The largest absolute Gasteiger partial charge is 0.454 e. The summed E-state index contributed by atoms with van der Waals surface area (Å²) in [6, 6.07) is 5.64. The van der Waals surface area contributed by atoms with E-state index >= 15 is 0 Å². The molecule has 1 aromatic carbocycles. The van der Waals surface area contributed by atoms with Crippen molar-refractivity contribution in [2.24, 2.45) is 5.92 Å². The van der Waals surface area contributed by atoms with E-state index in [1.165, 1.54) is 0 Å². The molecular formula is C14H12O3. The zero-order chi connectivity index (χ0) is 11.7. The van der Waals surface area contributed by atoms with E-state index in [1.807, 2.05) is 42.5 Å². The Morgan fingerprint density at radius 1 is 1.18 bits per heavy atom. The normalized spacial score (nSPS) is 16.7. The standard InChI is InChI=1S/C14H12O3/c15-12(11-3-1-2-4-11)7-10-5-6-13-14(8-10)17-9-16-13/h1-6,8,11H,7,9H2. The average Bonchev–Trinajstić information content (AvgIpc) is 2.99. The van der Waals surface area contributed by atoms with Gasteiger partial charge in [-0.3, -0.25) is 4.79 Å². The molecule has 2 aliphatic rings. The Morgan fingerprint density at radius 3 is 2.76 bits per heavy atom. The first-order chi connectivity index (χ1) is 8.33. The van der Waals surface area contributed by atoms with Gasteiger partial charge in [0.1, 0.15) is 5.78 Å². The van der Waals surface area contributed by atoms with Crippen molar-refractivity contribution in [3.05, 3.63) is 48.1 Å². The van der Waals surface area contributed by atoms with Crippen molar-refractivity contribution in [2.75, 3.05) is 6.79 Å². The lowest BCUT2D eigenvalue weighted by atomic mass is 9.99. The molecule has 3 heteroatoms. The number of ketones is 1. The summed E-state index contributed by atoms with van der Waals surface area (Å²) < 4.78 is 10.5. The Kier molecular flexibility index (Phi) is 2.44. The van der Waals surface area contributed by atoms with Crippen LogP contribution in [0.3, 0.4) is 0 Å². The molecule has 0 spiro atoms. The number of carbonyl (C=O) groups excluding carboxylic acids is 1. The number of allylic oxidation sites excluding steroid dienone is 4. The van der Waals surface area contributed by atoms with Crippen LogP contribution >= 0.6 is 0 Å². The van der Waals surface area contributed by atoms with Crippen molar-refractivity contribution in [3.63, 3.8) is 0 Å². The van der Waals surface area contributed by atoms with Gasteiger partial charge in [0.15, 0.2) is 11.5 Å². The van der Waals surface area contributed by atoms with Gasteiger partial charge in [0.05, 0.1) is 5.92 Å². The van der Waals surface area contributed by atoms with Crippen molar-refractivity contribution < 1.29 is 14.3 Å². The second kappa shape index (κ2) is 4.09. The molecule has 0 aromatic heterocycles. The Labute approximate surface area is 99.3 Å². The molecule has 0 amide bonds. The van der Waals surface area contributed by atoms with E-state index in [0.717, 1.165) is 17.1 Å². The predicted octanol–water partition coefficient (Wildman–Crippen LogP) is 2.27. The number of ether oxygens (including phenoxy) is 2. The Morgan fingerprint density at radius 2 is 1.94 bits per heavy atom. The van der Waals surface area contributed by atoms with Gasteiger partial charge in [-0.15, -0.1) is 0 Å². The lowest BCUT2D eigenvalue weighted by Gasteiger charge is -2.05. The summed E-state index contributed by atoms with van der Waals surface area (Å²) in [7, 11) is 0. The molecule has 0 unspecified atom stereocenters. The summed E-state index contributed by atoms with van der Waals surface area (Å²) in [6.45, 7) is 0.265. The van der Waals surface area contributed by atoms with Gasteiger partial charge in [-0.25, -0.2) is 0 Å². The molecule has 0 radical (unpaired) electrons. The molecule has 0 saturated carbocycles. The van der Waals surface area contributed by atoms with Crippen molar-refractivity contribution in [2.45, 2.75) is 6.42 Å². The number of Topliss-reactive ketones (excluding diaryl/α,β-unsaturated/α-hetero) is 1. The maximum Gasteiger partial charge on any atom is 0.231 e. The van der Waals surface area contributed by atoms with Gasteiger partial charge in [-0.2, -0.15) is 0 Å².